The summed E-state index contributed by atoms with van der Waals surface area (Å²) in [5.74, 6) is -0.0127. The third kappa shape index (κ3) is 9.37. The zero-order valence-electron chi connectivity index (χ0n) is 15.2. The SMILES string of the molecule is O=C(CCNCCN(CI)C/C=C/c1ccccc1)Nc1cccc(Cl)c1. The molecule has 1 amide bonds. The molecule has 2 aromatic carbocycles. The van der Waals surface area contributed by atoms with E-state index in [1.807, 2.05) is 30.3 Å². The van der Waals surface area contributed by atoms with Crippen molar-refractivity contribution in [1.82, 2.24) is 10.2 Å². The molecule has 0 radical (unpaired) electrons. The Morgan fingerprint density at radius 1 is 1.11 bits per heavy atom. The van der Waals surface area contributed by atoms with Crippen LogP contribution in [0.4, 0.5) is 5.69 Å². The average molecular weight is 498 g/mol. The number of benzene rings is 2. The minimum absolute atomic E-state index is 0.0127. The maximum absolute atomic E-state index is 11.9. The van der Waals surface area contributed by atoms with E-state index < -0.39 is 0 Å². The van der Waals surface area contributed by atoms with Gasteiger partial charge < -0.3 is 10.6 Å². The monoisotopic (exact) mass is 497 g/mol. The van der Waals surface area contributed by atoms with Gasteiger partial charge in [-0.15, -0.1) is 0 Å². The largest absolute Gasteiger partial charge is 0.326 e. The first kappa shape index (κ1) is 21.9. The molecule has 0 saturated heterocycles. The molecular weight excluding hydrogens is 473 g/mol. The lowest BCUT2D eigenvalue weighted by Crippen LogP contribution is -2.32. The van der Waals surface area contributed by atoms with E-state index in [0.29, 0.717) is 18.0 Å². The van der Waals surface area contributed by atoms with Gasteiger partial charge >= 0.3 is 0 Å². The van der Waals surface area contributed by atoms with Crippen LogP contribution in [-0.4, -0.2) is 41.5 Å². The highest BCUT2D eigenvalue weighted by atomic mass is 127. The summed E-state index contributed by atoms with van der Waals surface area (Å²) in [5, 5.41) is 6.80. The number of amides is 1. The van der Waals surface area contributed by atoms with Crippen LogP contribution in [0.3, 0.4) is 0 Å². The van der Waals surface area contributed by atoms with Gasteiger partial charge in [-0.3, -0.25) is 9.69 Å². The van der Waals surface area contributed by atoms with E-state index in [9.17, 15) is 4.79 Å². The van der Waals surface area contributed by atoms with Crippen LogP contribution in [0.1, 0.15) is 12.0 Å². The summed E-state index contributed by atoms with van der Waals surface area (Å²) in [6.07, 6.45) is 4.77. The third-order valence-electron chi connectivity index (χ3n) is 3.88. The Kier molecular flexibility index (Phi) is 10.4. The number of nitrogens with one attached hydrogen (secondary N) is 2. The Hall–Kier alpha value is -1.41. The fourth-order valence-electron chi connectivity index (χ4n) is 2.46. The highest BCUT2D eigenvalue weighted by Crippen LogP contribution is 2.14. The van der Waals surface area contributed by atoms with E-state index in [-0.39, 0.29) is 5.91 Å². The smallest absolute Gasteiger partial charge is 0.225 e. The molecule has 0 fully saturated rings. The molecule has 0 aliphatic carbocycles. The zero-order chi connectivity index (χ0) is 19.3. The third-order valence-corrected chi connectivity index (χ3v) is 5.08. The van der Waals surface area contributed by atoms with Gasteiger partial charge in [0.15, 0.2) is 0 Å². The molecule has 0 atom stereocenters. The van der Waals surface area contributed by atoms with Gasteiger partial charge in [0, 0.05) is 43.3 Å². The molecule has 2 aromatic rings. The van der Waals surface area contributed by atoms with Gasteiger partial charge in [0.2, 0.25) is 5.91 Å². The van der Waals surface area contributed by atoms with E-state index in [1.165, 1.54) is 5.56 Å². The van der Waals surface area contributed by atoms with Crippen LogP contribution in [0, 0.1) is 0 Å². The van der Waals surface area contributed by atoms with Gasteiger partial charge in [0.1, 0.15) is 0 Å². The Morgan fingerprint density at radius 2 is 1.93 bits per heavy atom. The van der Waals surface area contributed by atoms with Crippen molar-refractivity contribution < 1.29 is 4.79 Å². The van der Waals surface area contributed by atoms with Crippen LogP contribution in [0.15, 0.2) is 60.7 Å². The standard InChI is InChI=1S/C21H25ClIN3O/c22-19-9-4-10-20(16-19)25-21(27)11-12-24-13-15-26(17-23)14-5-8-18-6-2-1-3-7-18/h1-10,16,24H,11-15,17H2,(H,25,27)/b8-5+. The summed E-state index contributed by atoms with van der Waals surface area (Å²) in [6, 6.07) is 17.5. The molecule has 27 heavy (non-hydrogen) atoms. The first-order chi connectivity index (χ1) is 13.2. The number of carbonyl (C=O) groups is 1. The van der Waals surface area contributed by atoms with Crippen LogP contribution in [0.2, 0.25) is 5.02 Å². The molecule has 0 heterocycles. The van der Waals surface area contributed by atoms with E-state index in [1.54, 1.807) is 12.1 Å². The number of rotatable bonds is 11. The molecular formula is C21H25ClIN3O. The van der Waals surface area contributed by atoms with Crippen LogP contribution in [-0.2, 0) is 4.79 Å². The van der Waals surface area contributed by atoms with Gasteiger partial charge in [0.25, 0.3) is 0 Å². The summed E-state index contributed by atoms with van der Waals surface area (Å²) < 4.78 is 0.966. The second-order valence-electron chi connectivity index (χ2n) is 6.07. The van der Waals surface area contributed by atoms with Crippen molar-refractivity contribution in [3.05, 3.63) is 71.3 Å². The van der Waals surface area contributed by atoms with E-state index >= 15 is 0 Å². The number of halogens is 2. The molecule has 0 saturated carbocycles. The molecule has 4 nitrogen and oxygen atoms in total. The number of anilines is 1. The van der Waals surface area contributed by atoms with Crippen LogP contribution < -0.4 is 10.6 Å². The molecule has 0 aliphatic rings. The van der Waals surface area contributed by atoms with Gasteiger partial charge in [-0.05, 0) is 23.8 Å². The van der Waals surface area contributed by atoms with Crippen LogP contribution in [0.5, 0.6) is 0 Å². The Balaban J connectivity index is 1.59. The Labute approximate surface area is 180 Å². The lowest BCUT2D eigenvalue weighted by Gasteiger charge is -2.17. The van der Waals surface area contributed by atoms with Gasteiger partial charge in [-0.25, -0.2) is 0 Å². The van der Waals surface area contributed by atoms with Crippen molar-refractivity contribution in [3.8, 4) is 0 Å². The molecule has 0 unspecified atom stereocenters. The number of nitrogens with zero attached hydrogens (tertiary/aromatic N) is 1. The van der Waals surface area contributed by atoms with Crippen molar-refractivity contribution in [1.29, 1.82) is 0 Å². The Morgan fingerprint density at radius 3 is 2.67 bits per heavy atom. The topological polar surface area (TPSA) is 44.4 Å². The fourth-order valence-corrected chi connectivity index (χ4v) is 3.27. The highest BCUT2D eigenvalue weighted by Gasteiger charge is 2.04. The van der Waals surface area contributed by atoms with Gasteiger partial charge in [-0.1, -0.05) is 82.7 Å². The van der Waals surface area contributed by atoms with Gasteiger partial charge in [-0.2, -0.15) is 0 Å². The first-order valence-corrected chi connectivity index (χ1v) is 10.8. The van der Waals surface area contributed by atoms with Crippen LogP contribution >= 0.6 is 34.2 Å². The lowest BCUT2D eigenvalue weighted by atomic mass is 10.2. The van der Waals surface area contributed by atoms with E-state index in [0.717, 1.165) is 29.9 Å². The van der Waals surface area contributed by atoms with E-state index in [4.69, 9.17) is 11.6 Å². The predicted molar refractivity (Wildman–Crippen MR) is 124 cm³/mol. The summed E-state index contributed by atoms with van der Waals surface area (Å²) in [6.45, 7) is 3.36. The zero-order valence-corrected chi connectivity index (χ0v) is 18.1. The van der Waals surface area contributed by atoms with Crippen molar-refractivity contribution in [2.24, 2.45) is 0 Å². The Bertz CT molecular complexity index is 724. The second kappa shape index (κ2) is 12.9. The number of carbonyl (C=O) groups excluding carboxylic acids is 1. The molecule has 0 spiro atoms. The number of hydrogen-bond donors (Lipinski definition) is 2. The fraction of sp³-hybridized carbons (Fsp3) is 0.286. The minimum atomic E-state index is -0.0127. The van der Waals surface area contributed by atoms with Crippen molar-refractivity contribution in [2.75, 3.05) is 36.0 Å². The normalized spacial score (nSPS) is 11.2. The van der Waals surface area contributed by atoms with Crippen molar-refractivity contribution >= 4 is 51.9 Å². The number of hydrogen-bond acceptors (Lipinski definition) is 3. The molecule has 2 N–H and O–H groups in total. The van der Waals surface area contributed by atoms with Gasteiger partial charge in [0.05, 0.1) is 4.55 Å². The first-order valence-electron chi connectivity index (χ1n) is 8.93. The molecule has 144 valence electrons. The molecule has 2 rings (SSSR count). The second-order valence-corrected chi connectivity index (χ2v) is 7.19. The van der Waals surface area contributed by atoms with Crippen LogP contribution in [0.25, 0.3) is 6.08 Å². The van der Waals surface area contributed by atoms with Crippen molar-refractivity contribution in [2.45, 2.75) is 6.42 Å². The quantitative estimate of drug-likeness (QED) is 0.205. The highest BCUT2D eigenvalue weighted by molar-refractivity contribution is 14.1. The molecule has 0 bridgehead atoms. The van der Waals surface area contributed by atoms with Crippen molar-refractivity contribution in [3.63, 3.8) is 0 Å². The predicted octanol–water partition coefficient (Wildman–Crippen LogP) is 4.67. The minimum Gasteiger partial charge on any atom is -0.326 e. The summed E-state index contributed by atoms with van der Waals surface area (Å²) in [4.78, 5) is 14.3. The summed E-state index contributed by atoms with van der Waals surface area (Å²) in [5.41, 5.74) is 1.95. The summed E-state index contributed by atoms with van der Waals surface area (Å²) >= 11 is 8.29. The van der Waals surface area contributed by atoms with E-state index in [2.05, 4.69) is 62.4 Å². The lowest BCUT2D eigenvalue weighted by molar-refractivity contribution is -0.116. The summed E-state index contributed by atoms with van der Waals surface area (Å²) in [7, 11) is 0. The molecule has 6 heteroatoms. The molecule has 0 aliphatic heterocycles. The average Bonchev–Trinajstić information content (AvgIpc) is 2.67. The maximum Gasteiger partial charge on any atom is 0.225 e. The molecule has 0 aromatic heterocycles. The number of alkyl halides is 1. The maximum atomic E-state index is 11.9.